The van der Waals surface area contributed by atoms with E-state index in [1.165, 1.54) is 4.90 Å². The van der Waals surface area contributed by atoms with Gasteiger partial charge >= 0.3 is 6.09 Å². The van der Waals surface area contributed by atoms with E-state index in [1.54, 1.807) is 7.11 Å². The predicted octanol–water partition coefficient (Wildman–Crippen LogP) is 0.731. The van der Waals surface area contributed by atoms with E-state index in [9.17, 15) is 14.0 Å². The fraction of sp³-hybridized carbons (Fsp3) is 0.857. The summed E-state index contributed by atoms with van der Waals surface area (Å²) >= 11 is 0. The van der Waals surface area contributed by atoms with Crippen molar-refractivity contribution < 1.29 is 28.6 Å². The van der Waals surface area contributed by atoms with Crippen LogP contribution in [0.1, 0.15) is 19.3 Å². The number of likely N-dealkylation sites (tertiary alicyclic amines) is 2. The third-order valence-electron chi connectivity index (χ3n) is 4.17. The highest BCUT2D eigenvalue weighted by Gasteiger charge is 2.42. The van der Waals surface area contributed by atoms with Crippen molar-refractivity contribution in [1.29, 1.82) is 0 Å². The van der Waals surface area contributed by atoms with Crippen LogP contribution < -0.4 is 0 Å². The number of rotatable bonds is 6. The maximum atomic E-state index is 13.7. The number of nitrogens with zero attached hydrogens (tertiary/aromatic N) is 2. The number of alkyl halides is 1. The van der Waals surface area contributed by atoms with Gasteiger partial charge in [-0.25, -0.2) is 9.18 Å². The number of halogens is 1. The number of hydrogen-bond donors (Lipinski definition) is 1. The SMILES string of the molecule is COCCOC[C@@H]1C[C@H](F)CN1C(=O)C1CCCN1C(=O)O. The minimum Gasteiger partial charge on any atom is -0.465 e. The Labute approximate surface area is 129 Å². The van der Waals surface area contributed by atoms with Gasteiger partial charge in [0.15, 0.2) is 0 Å². The number of amides is 2. The predicted molar refractivity (Wildman–Crippen MR) is 75.5 cm³/mol. The molecule has 0 aliphatic carbocycles. The van der Waals surface area contributed by atoms with E-state index >= 15 is 0 Å². The van der Waals surface area contributed by atoms with Crippen molar-refractivity contribution in [2.45, 2.75) is 37.5 Å². The zero-order valence-corrected chi connectivity index (χ0v) is 12.7. The largest absolute Gasteiger partial charge is 0.465 e. The normalized spacial score (nSPS) is 28.4. The van der Waals surface area contributed by atoms with Crippen LogP contribution >= 0.6 is 0 Å². The Bertz CT molecular complexity index is 409. The molecule has 1 N–H and O–H groups in total. The molecule has 2 rings (SSSR count). The summed E-state index contributed by atoms with van der Waals surface area (Å²) in [7, 11) is 1.56. The zero-order valence-electron chi connectivity index (χ0n) is 12.7. The lowest BCUT2D eigenvalue weighted by Crippen LogP contribution is -2.50. The highest BCUT2D eigenvalue weighted by Crippen LogP contribution is 2.26. The Hall–Kier alpha value is -1.41. The van der Waals surface area contributed by atoms with Crippen LogP contribution in [-0.2, 0) is 14.3 Å². The smallest absolute Gasteiger partial charge is 0.407 e. The zero-order chi connectivity index (χ0) is 16.1. The molecule has 8 heteroatoms. The van der Waals surface area contributed by atoms with E-state index in [0.717, 1.165) is 4.90 Å². The molecule has 0 aromatic carbocycles. The van der Waals surface area contributed by atoms with Crippen molar-refractivity contribution in [3.8, 4) is 0 Å². The van der Waals surface area contributed by atoms with Crippen LogP contribution in [0.25, 0.3) is 0 Å². The number of carbonyl (C=O) groups excluding carboxylic acids is 1. The highest BCUT2D eigenvalue weighted by atomic mass is 19.1. The standard InChI is InChI=1S/C14H23FN2O5/c1-21-5-6-22-9-11-7-10(15)8-17(11)13(18)12-3-2-4-16(12)14(19)20/h10-12H,2-9H2,1H3,(H,19,20)/t10-,11-,12?/m0/s1. The molecule has 7 nitrogen and oxygen atoms in total. The molecule has 126 valence electrons. The van der Waals surface area contributed by atoms with Crippen molar-refractivity contribution in [2.24, 2.45) is 0 Å². The maximum Gasteiger partial charge on any atom is 0.407 e. The molecule has 2 aliphatic rings. The Balaban J connectivity index is 1.95. The van der Waals surface area contributed by atoms with Crippen LogP contribution in [0.4, 0.5) is 9.18 Å². The molecular weight excluding hydrogens is 295 g/mol. The molecule has 2 aliphatic heterocycles. The van der Waals surface area contributed by atoms with Gasteiger partial charge in [-0.3, -0.25) is 9.69 Å². The van der Waals surface area contributed by atoms with Crippen LogP contribution in [0.5, 0.6) is 0 Å². The second-order valence-electron chi connectivity index (χ2n) is 5.68. The highest BCUT2D eigenvalue weighted by molar-refractivity contribution is 5.86. The number of carbonyl (C=O) groups is 2. The van der Waals surface area contributed by atoms with Gasteiger partial charge in [0, 0.05) is 20.1 Å². The maximum absolute atomic E-state index is 13.7. The monoisotopic (exact) mass is 318 g/mol. The summed E-state index contributed by atoms with van der Waals surface area (Å²) in [5, 5.41) is 9.14. The second-order valence-corrected chi connectivity index (χ2v) is 5.68. The number of hydrogen-bond acceptors (Lipinski definition) is 4. The molecule has 3 atom stereocenters. The summed E-state index contributed by atoms with van der Waals surface area (Å²) in [5.74, 6) is -0.305. The average Bonchev–Trinajstić information content (AvgIpc) is 3.09. The molecule has 0 radical (unpaired) electrons. The molecule has 0 saturated carbocycles. The van der Waals surface area contributed by atoms with Gasteiger partial charge in [0.1, 0.15) is 12.2 Å². The van der Waals surface area contributed by atoms with E-state index in [-0.39, 0.29) is 31.5 Å². The molecule has 0 aromatic heterocycles. The molecule has 0 aromatic rings. The summed E-state index contributed by atoms with van der Waals surface area (Å²) in [4.78, 5) is 26.3. The molecule has 2 saturated heterocycles. The van der Waals surface area contributed by atoms with E-state index in [1.807, 2.05) is 0 Å². The van der Waals surface area contributed by atoms with Crippen LogP contribution in [0.2, 0.25) is 0 Å². The van der Waals surface area contributed by atoms with Crippen molar-refractivity contribution >= 4 is 12.0 Å². The molecule has 2 heterocycles. The lowest BCUT2D eigenvalue weighted by atomic mass is 10.1. The summed E-state index contributed by atoms with van der Waals surface area (Å²) in [6, 6.07) is -1.03. The molecule has 2 fully saturated rings. The first kappa shape index (κ1) is 17.0. The van der Waals surface area contributed by atoms with Crippen LogP contribution in [-0.4, -0.2) is 85.2 Å². The number of carboxylic acid groups (broad SMARTS) is 1. The van der Waals surface area contributed by atoms with E-state index in [0.29, 0.717) is 32.6 Å². The van der Waals surface area contributed by atoms with Gasteiger partial charge in [0.05, 0.1) is 32.4 Å². The van der Waals surface area contributed by atoms with Gasteiger partial charge < -0.3 is 19.5 Å². The molecular formula is C14H23FN2O5. The van der Waals surface area contributed by atoms with Crippen LogP contribution in [0.15, 0.2) is 0 Å². The summed E-state index contributed by atoms with van der Waals surface area (Å²) < 4.78 is 24.0. The van der Waals surface area contributed by atoms with E-state index in [2.05, 4.69) is 0 Å². The summed E-state index contributed by atoms with van der Waals surface area (Å²) in [6.45, 7) is 1.44. The van der Waals surface area contributed by atoms with Crippen molar-refractivity contribution in [2.75, 3.05) is 40.0 Å². The molecule has 22 heavy (non-hydrogen) atoms. The van der Waals surface area contributed by atoms with Gasteiger partial charge in [-0.15, -0.1) is 0 Å². The van der Waals surface area contributed by atoms with Crippen molar-refractivity contribution in [1.82, 2.24) is 9.80 Å². The first-order chi connectivity index (χ1) is 10.5. The Morgan fingerprint density at radius 1 is 1.32 bits per heavy atom. The van der Waals surface area contributed by atoms with Gasteiger partial charge in [-0.1, -0.05) is 0 Å². The number of ether oxygens (including phenoxy) is 2. The molecule has 2 amide bonds. The molecule has 1 unspecified atom stereocenters. The van der Waals surface area contributed by atoms with Gasteiger partial charge in [0.25, 0.3) is 0 Å². The summed E-state index contributed by atoms with van der Waals surface area (Å²) in [6.07, 6.45) is -0.793. The van der Waals surface area contributed by atoms with Gasteiger partial charge in [-0.2, -0.15) is 0 Å². The Morgan fingerprint density at radius 3 is 2.77 bits per heavy atom. The van der Waals surface area contributed by atoms with Gasteiger partial charge in [0.2, 0.25) is 5.91 Å². The molecule has 0 spiro atoms. The summed E-state index contributed by atoms with van der Waals surface area (Å²) in [5.41, 5.74) is 0. The fourth-order valence-electron chi connectivity index (χ4n) is 3.09. The Morgan fingerprint density at radius 2 is 2.09 bits per heavy atom. The van der Waals surface area contributed by atoms with Crippen LogP contribution in [0.3, 0.4) is 0 Å². The lowest BCUT2D eigenvalue weighted by Gasteiger charge is -2.30. The van der Waals surface area contributed by atoms with Crippen LogP contribution in [0, 0.1) is 0 Å². The number of methoxy groups -OCH3 is 1. The average molecular weight is 318 g/mol. The fourth-order valence-corrected chi connectivity index (χ4v) is 3.09. The molecule has 0 bridgehead atoms. The van der Waals surface area contributed by atoms with Crippen molar-refractivity contribution in [3.63, 3.8) is 0 Å². The Kier molecular flexibility index (Phi) is 5.96. The minimum absolute atomic E-state index is 0.0150. The minimum atomic E-state index is -1.10. The van der Waals surface area contributed by atoms with Gasteiger partial charge in [-0.05, 0) is 12.8 Å². The lowest BCUT2D eigenvalue weighted by molar-refractivity contribution is -0.137. The quantitative estimate of drug-likeness (QED) is 0.731. The topological polar surface area (TPSA) is 79.3 Å². The van der Waals surface area contributed by atoms with E-state index in [4.69, 9.17) is 14.6 Å². The second kappa shape index (κ2) is 7.73. The van der Waals surface area contributed by atoms with E-state index < -0.39 is 18.3 Å². The first-order valence-electron chi connectivity index (χ1n) is 7.55. The van der Waals surface area contributed by atoms with Crippen molar-refractivity contribution in [3.05, 3.63) is 0 Å². The third kappa shape index (κ3) is 3.86. The third-order valence-corrected chi connectivity index (χ3v) is 4.17. The first-order valence-corrected chi connectivity index (χ1v) is 7.55.